The van der Waals surface area contributed by atoms with E-state index >= 15 is 0 Å². The molecule has 192 valence electrons. The van der Waals surface area contributed by atoms with Gasteiger partial charge in [0.15, 0.2) is 23.9 Å². The van der Waals surface area contributed by atoms with E-state index in [0.717, 1.165) is 24.0 Å². The van der Waals surface area contributed by atoms with Crippen molar-refractivity contribution < 1.29 is 23.9 Å². The van der Waals surface area contributed by atoms with Crippen LogP contribution in [0.25, 0.3) is 0 Å². The van der Waals surface area contributed by atoms with Crippen molar-refractivity contribution in [2.24, 2.45) is 0 Å². The van der Waals surface area contributed by atoms with Crippen LogP contribution in [-0.4, -0.2) is 24.1 Å². The van der Waals surface area contributed by atoms with Crippen molar-refractivity contribution in [3.05, 3.63) is 79.7 Å². The van der Waals surface area contributed by atoms with E-state index in [9.17, 15) is 14.4 Å². The van der Waals surface area contributed by atoms with Gasteiger partial charge in [0.1, 0.15) is 11.5 Å². The van der Waals surface area contributed by atoms with E-state index in [1.807, 2.05) is 32.0 Å². The number of carbonyl (C=O) groups is 3. The van der Waals surface area contributed by atoms with Gasteiger partial charge < -0.3 is 14.8 Å². The van der Waals surface area contributed by atoms with Crippen LogP contribution in [0.3, 0.4) is 0 Å². The molecule has 0 bridgehead atoms. The molecule has 6 nitrogen and oxygen atoms in total. The Hall–Kier alpha value is -3.09. The molecule has 2 aromatic rings. The summed E-state index contributed by atoms with van der Waals surface area (Å²) in [6.45, 7) is 3.69. The molecule has 0 saturated heterocycles. The van der Waals surface area contributed by atoms with Gasteiger partial charge in [-0.3, -0.25) is 14.4 Å². The molecule has 0 fully saturated rings. The summed E-state index contributed by atoms with van der Waals surface area (Å²) in [5.74, 6) is 0.488. The predicted molar refractivity (Wildman–Crippen MR) is 142 cm³/mol. The first-order valence-electron chi connectivity index (χ1n) is 12.4. The minimum atomic E-state index is -0.573. The SMILES string of the molecule is Cc1ccc(NC(=O)COc2c(Cl)cc(C3C4=C(CCCC4=O)OC4=C3C(=O)CCC4)cc2Cl)cc1C. The number of allylic oxidation sites excluding steroid dienone is 4. The molecule has 8 heteroatoms. The Morgan fingerprint density at radius 1 is 0.919 bits per heavy atom. The highest BCUT2D eigenvalue weighted by atomic mass is 35.5. The van der Waals surface area contributed by atoms with Crippen LogP contribution in [0.4, 0.5) is 5.69 Å². The molecule has 0 unspecified atom stereocenters. The quantitative estimate of drug-likeness (QED) is 0.454. The average Bonchev–Trinajstić information content (AvgIpc) is 2.85. The molecule has 0 radical (unpaired) electrons. The number of hydrogen-bond acceptors (Lipinski definition) is 5. The second-order valence-corrected chi connectivity index (χ2v) is 10.5. The Kier molecular flexibility index (Phi) is 7.15. The van der Waals surface area contributed by atoms with Crippen LogP contribution in [0.5, 0.6) is 5.75 Å². The molecular weight excluding hydrogens is 513 g/mol. The number of carbonyl (C=O) groups excluding carboxylic acids is 3. The molecular formula is C29H27Cl2NO5. The maximum Gasteiger partial charge on any atom is 0.262 e. The lowest BCUT2D eigenvalue weighted by Crippen LogP contribution is -2.30. The first kappa shape index (κ1) is 25.6. The van der Waals surface area contributed by atoms with Gasteiger partial charge in [0.25, 0.3) is 5.91 Å². The molecule has 5 rings (SSSR count). The number of ether oxygens (including phenoxy) is 2. The molecule has 0 atom stereocenters. The molecule has 37 heavy (non-hydrogen) atoms. The van der Waals surface area contributed by atoms with Crippen molar-refractivity contribution in [2.75, 3.05) is 11.9 Å². The normalized spacial score (nSPS) is 17.8. The Bertz CT molecular complexity index is 1330. The summed E-state index contributed by atoms with van der Waals surface area (Å²) in [5.41, 5.74) is 4.55. The van der Waals surface area contributed by atoms with Crippen LogP contribution in [0.15, 0.2) is 53.0 Å². The van der Waals surface area contributed by atoms with Crippen LogP contribution in [0, 0.1) is 13.8 Å². The first-order valence-corrected chi connectivity index (χ1v) is 13.2. The number of aryl methyl sites for hydroxylation is 2. The number of nitrogens with one attached hydrogen (secondary N) is 1. The molecule has 0 aromatic heterocycles. The standard InChI is InChI=1S/C29H27Cl2NO5/c1-15-9-10-18(11-16(15)2)32-25(35)14-36-29-19(30)12-17(13-20(29)31)26-27-21(33)5-3-7-23(27)37-24-8-4-6-22(34)28(24)26/h9-13,26H,3-8,14H2,1-2H3,(H,32,35). The lowest BCUT2D eigenvalue weighted by Gasteiger charge is -2.36. The third kappa shape index (κ3) is 5.05. The Labute approximate surface area is 225 Å². The Morgan fingerprint density at radius 2 is 1.51 bits per heavy atom. The van der Waals surface area contributed by atoms with Crippen LogP contribution in [0.2, 0.25) is 10.0 Å². The Morgan fingerprint density at radius 3 is 2.08 bits per heavy atom. The average molecular weight is 540 g/mol. The van der Waals surface area contributed by atoms with Gasteiger partial charge in [-0.15, -0.1) is 0 Å². The topological polar surface area (TPSA) is 81.7 Å². The molecule has 0 spiro atoms. The molecule has 1 heterocycles. The van der Waals surface area contributed by atoms with Crippen molar-refractivity contribution in [1.29, 1.82) is 0 Å². The summed E-state index contributed by atoms with van der Waals surface area (Å²) in [6, 6.07) is 8.98. The van der Waals surface area contributed by atoms with Crippen LogP contribution >= 0.6 is 23.2 Å². The Balaban J connectivity index is 1.41. The molecule has 2 aliphatic carbocycles. The minimum absolute atomic E-state index is 0.0215. The smallest absolute Gasteiger partial charge is 0.262 e. The van der Waals surface area contributed by atoms with Gasteiger partial charge in [0.2, 0.25) is 0 Å². The number of rotatable bonds is 5. The van der Waals surface area contributed by atoms with Gasteiger partial charge in [0.05, 0.1) is 10.0 Å². The fraction of sp³-hybridized carbons (Fsp3) is 0.345. The maximum absolute atomic E-state index is 13.0. The summed E-state index contributed by atoms with van der Waals surface area (Å²) in [6.07, 6.45) is 3.57. The van der Waals surface area contributed by atoms with E-state index < -0.39 is 5.92 Å². The van der Waals surface area contributed by atoms with E-state index in [1.165, 1.54) is 0 Å². The number of hydrogen-bond donors (Lipinski definition) is 1. The molecule has 2 aromatic carbocycles. The van der Waals surface area contributed by atoms with Crippen molar-refractivity contribution in [2.45, 2.75) is 58.3 Å². The highest BCUT2D eigenvalue weighted by molar-refractivity contribution is 6.37. The van der Waals surface area contributed by atoms with Gasteiger partial charge in [-0.2, -0.15) is 0 Å². The van der Waals surface area contributed by atoms with Gasteiger partial charge in [-0.1, -0.05) is 29.3 Å². The van der Waals surface area contributed by atoms with Crippen molar-refractivity contribution in [3.8, 4) is 5.75 Å². The number of amides is 1. The molecule has 1 N–H and O–H groups in total. The fourth-order valence-corrected chi connectivity index (χ4v) is 5.80. The summed E-state index contributed by atoms with van der Waals surface area (Å²) in [5, 5.41) is 3.20. The van der Waals surface area contributed by atoms with Crippen LogP contribution < -0.4 is 10.1 Å². The second kappa shape index (κ2) is 10.3. The summed E-state index contributed by atoms with van der Waals surface area (Å²) in [7, 11) is 0. The second-order valence-electron chi connectivity index (χ2n) is 9.71. The number of ketones is 2. The van der Waals surface area contributed by atoms with Crippen LogP contribution in [-0.2, 0) is 19.1 Å². The van der Waals surface area contributed by atoms with Crippen molar-refractivity contribution in [3.63, 3.8) is 0 Å². The molecule has 0 saturated carbocycles. The summed E-state index contributed by atoms with van der Waals surface area (Å²) in [4.78, 5) is 38.5. The maximum atomic E-state index is 13.0. The number of halogens is 2. The van der Waals surface area contributed by atoms with Gasteiger partial charge >= 0.3 is 0 Å². The summed E-state index contributed by atoms with van der Waals surface area (Å²) < 4.78 is 11.8. The van der Waals surface area contributed by atoms with E-state index in [-0.39, 0.29) is 39.9 Å². The molecule has 1 amide bonds. The number of benzene rings is 2. The third-order valence-electron chi connectivity index (χ3n) is 7.13. The van der Waals surface area contributed by atoms with E-state index in [2.05, 4.69) is 5.32 Å². The zero-order chi connectivity index (χ0) is 26.3. The van der Waals surface area contributed by atoms with Crippen molar-refractivity contribution >= 4 is 46.4 Å². The molecule has 3 aliphatic rings. The lowest BCUT2D eigenvalue weighted by molar-refractivity contribution is -0.119. The van der Waals surface area contributed by atoms with E-state index in [1.54, 1.807) is 12.1 Å². The highest BCUT2D eigenvalue weighted by Gasteiger charge is 2.42. The molecule has 1 aliphatic heterocycles. The predicted octanol–water partition coefficient (Wildman–Crippen LogP) is 6.76. The first-order chi connectivity index (χ1) is 17.7. The van der Waals surface area contributed by atoms with Gasteiger partial charge in [-0.25, -0.2) is 0 Å². The highest BCUT2D eigenvalue weighted by Crippen LogP contribution is 2.49. The third-order valence-corrected chi connectivity index (χ3v) is 7.69. The van der Waals surface area contributed by atoms with E-state index in [4.69, 9.17) is 32.7 Å². The number of Topliss-reactive ketones (excluding diaryl/α,β-unsaturated/α-hetero) is 2. The van der Waals surface area contributed by atoms with Crippen molar-refractivity contribution in [1.82, 2.24) is 0 Å². The summed E-state index contributed by atoms with van der Waals surface area (Å²) >= 11 is 13.2. The monoisotopic (exact) mass is 539 g/mol. The largest absolute Gasteiger partial charge is 0.481 e. The van der Waals surface area contributed by atoms with Crippen LogP contribution in [0.1, 0.15) is 61.1 Å². The van der Waals surface area contributed by atoms with Gasteiger partial charge in [0, 0.05) is 48.4 Å². The minimum Gasteiger partial charge on any atom is -0.481 e. The number of anilines is 1. The zero-order valence-corrected chi connectivity index (χ0v) is 22.2. The fourth-order valence-electron chi connectivity index (χ4n) is 5.19. The van der Waals surface area contributed by atoms with Gasteiger partial charge in [-0.05, 0) is 67.6 Å². The zero-order valence-electron chi connectivity index (χ0n) is 20.7. The van der Waals surface area contributed by atoms with E-state index in [0.29, 0.717) is 59.6 Å². The lowest BCUT2D eigenvalue weighted by atomic mass is 9.73.